The Bertz CT molecular complexity index is 1060. The first kappa shape index (κ1) is 21.6. The third-order valence-electron chi connectivity index (χ3n) is 4.64. The number of carbonyl (C=O) groups is 1. The number of thioether (sulfide) groups is 1. The van der Waals surface area contributed by atoms with E-state index < -0.39 is 0 Å². The summed E-state index contributed by atoms with van der Waals surface area (Å²) in [6.07, 6.45) is 1.81. The van der Waals surface area contributed by atoms with Gasteiger partial charge in [-0.3, -0.25) is 9.36 Å². The Morgan fingerprint density at radius 2 is 2.00 bits per heavy atom. The van der Waals surface area contributed by atoms with Crippen LogP contribution in [0.2, 0.25) is 0 Å². The number of allylic oxidation sites excluding steroid dienone is 1. The largest absolute Gasteiger partial charge is 0.378 e. The van der Waals surface area contributed by atoms with Crippen molar-refractivity contribution in [3.05, 3.63) is 66.2 Å². The summed E-state index contributed by atoms with van der Waals surface area (Å²) in [4.78, 5) is 14.5. The number of rotatable bonds is 8. The van der Waals surface area contributed by atoms with E-state index in [0.717, 1.165) is 28.3 Å². The highest BCUT2D eigenvalue weighted by Crippen LogP contribution is 2.27. The van der Waals surface area contributed by atoms with E-state index >= 15 is 0 Å². The van der Waals surface area contributed by atoms with Crippen LogP contribution in [0, 0.1) is 13.8 Å². The maximum Gasteiger partial charge on any atom is 0.234 e. The first-order valence-electron chi connectivity index (χ1n) is 9.71. The molecule has 1 amide bonds. The van der Waals surface area contributed by atoms with Crippen LogP contribution in [-0.2, 0) is 11.3 Å². The molecule has 6 nitrogen and oxygen atoms in total. The zero-order valence-electron chi connectivity index (χ0n) is 17.8. The van der Waals surface area contributed by atoms with Crippen LogP contribution < -0.4 is 10.2 Å². The van der Waals surface area contributed by atoms with Gasteiger partial charge in [-0.25, -0.2) is 0 Å². The SMILES string of the molecule is C=CCn1c(SCC(=O)Nc2ccc(C)cc2C)nnc1-c1cccc(N(C)C)c1. The van der Waals surface area contributed by atoms with Crippen molar-refractivity contribution in [2.24, 2.45) is 0 Å². The van der Waals surface area contributed by atoms with E-state index in [1.807, 2.05) is 73.8 Å². The van der Waals surface area contributed by atoms with E-state index in [1.54, 1.807) is 0 Å². The number of aromatic nitrogens is 3. The molecule has 3 rings (SSSR count). The van der Waals surface area contributed by atoms with Crippen LogP contribution >= 0.6 is 11.8 Å². The fourth-order valence-corrected chi connectivity index (χ4v) is 3.84. The van der Waals surface area contributed by atoms with Crippen LogP contribution in [0.3, 0.4) is 0 Å². The second-order valence-corrected chi connectivity index (χ2v) is 8.25. The molecule has 30 heavy (non-hydrogen) atoms. The van der Waals surface area contributed by atoms with Gasteiger partial charge in [0.15, 0.2) is 11.0 Å². The van der Waals surface area contributed by atoms with Crippen molar-refractivity contribution >= 4 is 29.0 Å². The van der Waals surface area contributed by atoms with Crippen LogP contribution in [0.1, 0.15) is 11.1 Å². The summed E-state index contributed by atoms with van der Waals surface area (Å²) in [5.74, 6) is 0.938. The number of hydrogen-bond acceptors (Lipinski definition) is 5. The van der Waals surface area contributed by atoms with E-state index in [9.17, 15) is 4.79 Å². The second-order valence-electron chi connectivity index (χ2n) is 7.31. The van der Waals surface area contributed by atoms with Gasteiger partial charge < -0.3 is 10.2 Å². The number of benzene rings is 2. The Hall–Kier alpha value is -3.06. The van der Waals surface area contributed by atoms with Gasteiger partial charge in [-0.1, -0.05) is 47.7 Å². The van der Waals surface area contributed by atoms with Crippen molar-refractivity contribution in [2.75, 3.05) is 30.1 Å². The predicted molar refractivity (Wildman–Crippen MR) is 125 cm³/mol. The number of hydrogen-bond donors (Lipinski definition) is 1. The molecule has 0 saturated heterocycles. The lowest BCUT2D eigenvalue weighted by molar-refractivity contribution is -0.113. The maximum atomic E-state index is 12.5. The molecule has 0 spiro atoms. The molecule has 0 fully saturated rings. The van der Waals surface area contributed by atoms with Crippen LogP contribution in [0.4, 0.5) is 11.4 Å². The van der Waals surface area contributed by atoms with Crippen LogP contribution in [0.5, 0.6) is 0 Å². The Labute approximate surface area is 182 Å². The Kier molecular flexibility index (Phi) is 6.95. The topological polar surface area (TPSA) is 63.1 Å². The summed E-state index contributed by atoms with van der Waals surface area (Å²) in [5.41, 5.74) is 5.11. The molecule has 0 radical (unpaired) electrons. The lowest BCUT2D eigenvalue weighted by Gasteiger charge is -2.14. The fraction of sp³-hybridized carbons (Fsp3) is 0.261. The van der Waals surface area contributed by atoms with Gasteiger partial charge in [0.2, 0.25) is 5.91 Å². The zero-order valence-corrected chi connectivity index (χ0v) is 18.7. The fourth-order valence-electron chi connectivity index (χ4n) is 3.10. The van der Waals surface area contributed by atoms with Crippen molar-refractivity contribution in [1.29, 1.82) is 0 Å². The number of nitrogens with zero attached hydrogens (tertiary/aromatic N) is 4. The zero-order chi connectivity index (χ0) is 21.7. The van der Waals surface area contributed by atoms with Crippen molar-refractivity contribution in [2.45, 2.75) is 25.5 Å². The summed E-state index contributed by atoms with van der Waals surface area (Å²) >= 11 is 1.37. The van der Waals surface area contributed by atoms with Gasteiger partial charge in [-0.15, -0.1) is 16.8 Å². The van der Waals surface area contributed by atoms with Crippen LogP contribution in [-0.4, -0.2) is 40.5 Å². The standard InChI is InChI=1S/C23H27N5OS/c1-6-12-28-22(18-8-7-9-19(14-18)27(4)5)25-26-23(28)30-15-21(29)24-20-11-10-16(2)13-17(20)3/h6-11,13-14H,1,12,15H2,2-5H3,(H,24,29). The summed E-state index contributed by atoms with van der Waals surface area (Å²) in [7, 11) is 4.01. The van der Waals surface area contributed by atoms with Crippen LogP contribution in [0.15, 0.2) is 60.3 Å². The highest BCUT2D eigenvalue weighted by Gasteiger charge is 2.16. The molecule has 1 N–H and O–H groups in total. The molecule has 0 aliphatic carbocycles. The molecule has 7 heteroatoms. The highest BCUT2D eigenvalue weighted by atomic mass is 32.2. The Morgan fingerprint density at radius 3 is 2.70 bits per heavy atom. The lowest BCUT2D eigenvalue weighted by Crippen LogP contribution is -2.15. The van der Waals surface area contributed by atoms with E-state index in [1.165, 1.54) is 17.3 Å². The maximum absolute atomic E-state index is 12.5. The van der Waals surface area contributed by atoms with Crippen molar-refractivity contribution in [3.63, 3.8) is 0 Å². The average molecular weight is 422 g/mol. The summed E-state index contributed by atoms with van der Waals surface area (Å²) in [5, 5.41) is 12.4. The van der Waals surface area contributed by atoms with E-state index in [4.69, 9.17) is 0 Å². The first-order valence-corrected chi connectivity index (χ1v) is 10.7. The molecule has 1 heterocycles. The van der Waals surface area contributed by atoms with Gasteiger partial charge >= 0.3 is 0 Å². The molecule has 0 aliphatic heterocycles. The highest BCUT2D eigenvalue weighted by molar-refractivity contribution is 7.99. The third kappa shape index (κ3) is 5.10. The average Bonchev–Trinajstić information content (AvgIpc) is 3.11. The number of carbonyl (C=O) groups excluding carboxylic acids is 1. The van der Waals surface area contributed by atoms with E-state index in [0.29, 0.717) is 11.7 Å². The molecule has 2 aromatic carbocycles. The summed E-state index contributed by atoms with van der Waals surface area (Å²) in [6.45, 7) is 8.44. The number of anilines is 2. The molecule has 0 atom stereocenters. The van der Waals surface area contributed by atoms with Gasteiger partial charge in [0, 0.05) is 37.6 Å². The van der Waals surface area contributed by atoms with Crippen LogP contribution in [0.25, 0.3) is 11.4 Å². The number of amides is 1. The second kappa shape index (κ2) is 9.63. The molecule has 0 bridgehead atoms. The number of aryl methyl sites for hydroxylation is 2. The molecule has 0 saturated carbocycles. The van der Waals surface area contributed by atoms with Crippen molar-refractivity contribution in [1.82, 2.24) is 14.8 Å². The van der Waals surface area contributed by atoms with Gasteiger partial charge in [0.05, 0.1) is 5.75 Å². The van der Waals surface area contributed by atoms with Crippen molar-refractivity contribution in [3.8, 4) is 11.4 Å². The minimum absolute atomic E-state index is 0.0729. The normalized spacial score (nSPS) is 10.7. The Balaban J connectivity index is 1.76. The summed E-state index contributed by atoms with van der Waals surface area (Å²) in [6, 6.07) is 14.1. The molecular formula is C23H27N5OS. The molecule has 0 unspecified atom stereocenters. The summed E-state index contributed by atoms with van der Waals surface area (Å²) < 4.78 is 1.98. The minimum Gasteiger partial charge on any atom is -0.378 e. The molecular weight excluding hydrogens is 394 g/mol. The minimum atomic E-state index is -0.0729. The molecule has 156 valence electrons. The van der Waals surface area contributed by atoms with Gasteiger partial charge in [-0.05, 0) is 37.6 Å². The molecule has 0 aliphatic rings. The van der Waals surface area contributed by atoms with E-state index in [2.05, 4.69) is 34.2 Å². The van der Waals surface area contributed by atoms with Gasteiger partial charge in [-0.2, -0.15) is 0 Å². The monoisotopic (exact) mass is 421 g/mol. The van der Waals surface area contributed by atoms with Crippen molar-refractivity contribution < 1.29 is 4.79 Å². The van der Waals surface area contributed by atoms with Gasteiger partial charge in [0.25, 0.3) is 0 Å². The Morgan fingerprint density at radius 1 is 1.20 bits per heavy atom. The lowest BCUT2D eigenvalue weighted by atomic mass is 10.1. The smallest absolute Gasteiger partial charge is 0.234 e. The third-order valence-corrected chi connectivity index (χ3v) is 5.60. The van der Waals surface area contributed by atoms with Gasteiger partial charge in [0.1, 0.15) is 0 Å². The predicted octanol–water partition coefficient (Wildman–Crippen LogP) is 4.54. The molecule has 1 aromatic heterocycles. The number of nitrogens with one attached hydrogen (secondary N) is 1. The quantitative estimate of drug-likeness (QED) is 0.427. The molecule has 3 aromatic rings. The first-order chi connectivity index (χ1) is 14.4. The van der Waals surface area contributed by atoms with E-state index in [-0.39, 0.29) is 11.7 Å².